The van der Waals surface area contributed by atoms with Crippen LogP contribution < -0.4 is 10.5 Å². The molecule has 0 saturated carbocycles. The third-order valence-corrected chi connectivity index (χ3v) is 3.20. The predicted octanol–water partition coefficient (Wildman–Crippen LogP) is 3.98. The Morgan fingerprint density at radius 1 is 1.24 bits per heavy atom. The predicted molar refractivity (Wildman–Crippen MR) is 86.6 cm³/mol. The molecule has 0 aliphatic heterocycles. The number of methoxy groups -OCH3 is 1. The number of nitrogens with zero attached hydrogens (tertiary/aromatic N) is 2. The third-order valence-electron chi connectivity index (χ3n) is 3.01. The fourth-order valence-corrected chi connectivity index (χ4v) is 2.50. The van der Waals surface area contributed by atoms with Crippen LogP contribution in [0.25, 0.3) is 11.3 Å². The van der Waals surface area contributed by atoms with Crippen LogP contribution in [-0.4, -0.2) is 17.1 Å². The van der Waals surface area contributed by atoms with E-state index in [1.54, 1.807) is 13.2 Å². The first-order valence-electron chi connectivity index (χ1n) is 6.76. The highest BCUT2D eigenvalue weighted by Crippen LogP contribution is 2.36. The molecule has 0 radical (unpaired) electrons. The van der Waals surface area contributed by atoms with Gasteiger partial charge in [0, 0.05) is 11.6 Å². The summed E-state index contributed by atoms with van der Waals surface area (Å²) >= 11 is 5.97. The summed E-state index contributed by atoms with van der Waals surface area (Å²) in [6, 6.07) is 7.70. The van der Waals surface area contributed by atoms with Crippen molar-refractivity contribution in [3.63, 3.8) is 0 Å². The number of rotatable bonds is 3. The van der Waals surface area contributed by atoms with Gasteiger partial charge in [0.15, 0.2) is 0 Å². The van der Waals surface area contributed by atoms with Crippen LogP contribution in [0, 0.1) is 5.41 Å². The lowest BCUT2D eigenvalue weighted by Crippen LogP contribution is -2.10. The van der Waals surface area contributed by atoms with Crippen molar-refractivity contribution in [2.45, 2.75) is 27.2 Å². The number of halogens is 1. The lowest BCUT2D eigenvalue weighted by molar-refractivity contribution is 0.380. The number of nitrogen functional groups attached to an aromatic ring is 1. The molecule has 0 saturated heterocycles. The van der Waals surface area contributed by atoms with Gasteiger partial charge in [-0.25, -0.2) is 9.97 Å². The van der Waals surface area contributed by atoms with Gasteiger partial charge in [0.05, 0.1) is 12.8 Å². The van der Waals surface area contributed by atoms with Crippen molar-refractivity contribution in [3.05, 3.63) is 35.0 Å². The van der Waals surface area contributed by atoms with Gasteiger partial charge in [0.1, 0.15) is 10.9 Å². The smallest absolute Gasteiger partial charge is 0.221 e. The molecule has 0 unspecified atom stereocenters. The quantitative estimate of drug-likeness (QED) is 0.871. The summed E-state index contributed by atoms with van der Waals surface area (Å²) in [4.78, 5) is 8.14. The molecule has 2 N–H and O–H groups in total. The van der Waals surface area contributed by atoms with Gasteiger partial charge in [-0.3, -0.25) is 0 Å². The van der Waals surface area contributed by atoms with Gasteiger partial charge in [-0.1, -0.05) is 44.5 Å². The Kier molecular flexibility index (Phi) is 4.37. The van der Waals surface area contributed by atoms with Crippen LogP contribution in [-0.2, 0) is 6.42 Å². The summed E-state index contributed by atoms with van der Waals surface area (Å²) in [5.74, 6) is 0.961. The minimum Gasteiger partial charge on any atom is -0.496 e. The molecule has 0 atom stereocenters. The fourth-order valence-electron chi connectivity index (χ4n) is 2.31. The van der Waals surface area contributed by atoms with E-state index in [1.165, 1.54) is 0 Å². The van der Waals surface area contributed by atoms with Gasteiger partial charge in [0.2, 0.25) is 5.95 Å². The normalized spacial score (nSPS) is 11.5. The molecule has 0 bridgehead atoms. The molecule has 0 amide bonds. The highest BCUT2D eigenvalue weighted by molar-refractivity contribution is 6.29. The molecule has 1 aromatic heterocycles. The topological polar surface area (TPSA) is 61.0 Å². The number of hydrogen-bond donors (Lipinski definition) is 1. The maximum atomic E-state index is 5.97. The minimum absolute atomic E-state index is 0.153. The average Bonchev–Trinajstić information content (AvgIpc) is 2.35. The van der Waals surface area contributed by atoms with Crippen molar-refractivity contribution < 1.29 is 4.74 Å². The zero-order chi connectivity index (χ0) is 15.6. The Bertz CT molecular complexity index is 630. The fraction of sp³-hybridized carbons (Fsp3) is 0.375. The van der Waals surface area contributed by atoms with Crippen molar-refractivity contribution in [3.8, 4) is 17.0 Å². The first-order valence-corrected chi connectivity index (χ1v) is 7.14. The van der Waals surface area contributed by atoms with Crippen LogP contribution in [0.1, 0.15) is 26.3 Å². The number of benzene rings is 1. The molecule has 2 rings (SSSR count). The van der Waals surface area contributed by atoms with Crippen LogP contribution in [0.5, 0.6) is 5.75 Å². The number of para-hydroxylation sites is 1. The van der Waals surface area contributed by atoms with E-state index in [-0.39, 0.29) is 11.4 Å². The molecular formula is C16H20ClN3O. The van der Waals surface area contributed by atoms with Gasteiger partial charge >= 0.3 is 0 Å². The summed E-state index contributed by atoms with van der Waals surface area (Å²) < 4.78 is 5.61. The summed E-state index contributed by atoms with van der Waals surface area (Å²) in [5, 5.41) is 0.320. The van der Waals surface area contributed by atoms with E-state index in [4.69, 9.17) is 22.1 Å². The molecule has 112 valence electrons. The summed E-state index contributed by atoms with van der Waals surface area (Å²) in [6.07, 6.45) is 0.901. The lowest BCUT2D eigenvalue weighted by Gasteiger charge is -2.21. The maximum Gasteiger partial charge on any atom is 0.221 e. The first kappa shape index (κ1) is 15.6. The molecule has 4 nitrogen and oxygen atoms in total. The molecule has 1 heterocycles. The van der Waals surface area contributed by atoms with Gasteiger partial charge in [-0.15, -0.1) is 0 Å². The highest BCUT2D eigenvalue weighted by Gasteiger charge is 2.18. The second-order valence-electron chi connectivity index (χ2n) is 6.17. The standard InChI is InChI=1S/C16H20ClN3O/c1-16(2,3)9-10-6-5-7-11(14(10)21-4)12-8-13(17)20-15(18)19-12/h5-8H,9H2,1-4H3,(H2,18,19,20). The highest BCUT2D eigenvalue weighted by atomic mass is 35.5. The maximum absolute atomic E-state index is 5.97. The van der Waals surface area contributed by atoms with Gasteiger partial charge in [-0.2, -0.15) is 0 Å². The van der Waals surface area contributed by atoms with Crippen LogP contribution in [0.4, 0.5) is 5.95 Å². The molecule has 1 aromatic carbocycles. The van der Waals surface area contributed by atoms with E-state index in [0.29, 0.717) is 10.8 Å². The Morgan fingerprint density at radius 2 is 1.95 bits per heavy atom. The first-order chi connectivity index (χ1) is 9.80. The van der Waals surface area contributed by atoms with Crippen molar-refractivity contribution >= 4 is 17.5 Å². The monoisotopic (exact) mass is 305 g/mol. The zero-order valence-corrected chi connectivity index (χ0v) is 13.5. The van der Waals surface area contributed by atoms with Crippen LogP contribution in [0.15, 0.2) is 24.3 Å². The van der Waals surface area contributed by atoms with Crippen molar-refractivity contribution in [1.82, 2.24) is 9.97 Å². The second-order valence-corrected chi connectivity index (χ2v) is 6.56. The number of hydrogen-bond acceptors (Lipinski definition) is 4. The largest absolute Gasteiger partial charge is 0.496 e. The van der Waals surface area contributed by atoms with Gasteiger partial charge in [0.25, 0.3) is 0 Å². The van der Waals surface area contributed by atoms with Crippen LogP contribution in [0.2, 0.25) is 5.15 Å². The molecule has 2 aromatic rings. The Morgan fingerprint density at radius 3 is 2.52 bits per heavy atom. The molecule has 21 heavy (non-hydrogen) atoms. The average molecular weight is 306 g/mol. The summed E-state index contributed by atoms with van der Waals surface area (Å²) in [7, 11) is 1.66. The molecular weight excluding hydrogens is 286 g/mol. The minimum atomic E-state index is 0.153. The molecule has 0 spiro atoms. The Hall–Kier alpha value is -1.81. The Balaban J connectivity index is 2.56. The van der Waals surface area contributed by atoms with Crippen molar-refractivity contribution in [2.75, 3.05) is 12.8 Å². The summed E-state index contributed by atoms with van der Waals surface area (Å²) in [6.45, 7) is 6.58. The number of nitrogens with two attached hydrogens (primary N) is 1. The number of anilines is 1. The van der Waals surface area contributed by atoms with E-state index < -0.39 is 0 Å². The van der Waals surface area contributed by atoms with Crippen LogP contribution >= 0.6 is 11.6 Å². The number of aromatic nitrogens is 2. The van der Waals surface area contributed by atoms with E-state index in [2.05, 4.69) is 36.8 Å². The van der Waals surface area contributed by atoms with E-state index >= 15 is 0 Å². The molecule has 0 fully saturated rings. The van der Waals surface area contributed by atoms with Crippen molar-refractivity contribution in [1.29, 1.82) is 0 Å². The SMILES string of the molecule is COc1c(CC(C)(C)C)cccc1-c1cc(Cl)nc(N)n1. The molecule has 0 aliphatic rings. The van der Waals surface area contributed by atoms with E-state index in [0.717, 1.165) is 23.3 Å². The Labute approximate surface area is 130 Å². The third kappa shape index (κ3) is 3.85. The van der Waals surface area contributed by atoms with Crippen LogP contribution in [0.3, 0.4) is 0 Å². The molecule has 5 heteroatoms. The zero-order valence-electron chi connectivity index (χ0n) is 12.8. The molecule has 0 aliphatic carbocycles. The second kappa shape index (κ2) is 5.90. The van der Waals surface area contributed by atoms with Gasteiger partial charge in [-0.05, 0) is 23.5 Å². The van der Waals surface area contributed by atoms with Crippen molar-refractivity contribution in [2.24, 2.45) is 5.41 Å². The van der Waals surface area contributed by atoms with E-state index in [9.17, 15) is 0 Å². The van der Waals surface area contributed by atoms with E-state index in [1.807, 2.05) is 12.1 Å². The lowest BCUT2D eigenvalue weighted by atomic mass is 9.87. The van der Waals surface area contributed by atoms with Gasteiger partial charge < -0.3 is 10.5 Å². The summed E-state index contributed by atoms with van der Waals surface area (Å²) in [5.41, 5.74) is 8.51. The number of ether oxygens (including phenoxy) is 1.